The standard InChI is InChI=1S/C16H31N3O2/c1-20-15-12-16(13-15)21-11-10-18-6-8-19(9-7-18)14-2-4-17-5-3-14/h14-17H,2-13H2,1H3/t15-,16-. The molecule has 3 rings (SSSR count). The number of piperazine rings is 1. The van der Waals surface area contributed by atoms with Crippen LogP contribution in [0.25, 0.3) is 0 Å². The third-order valence-electron chi connectivity index (χ3n) is 5.38. The molecular weight excluding hydrogens is 266 g/mol. The molecule has 1 aliphatic carbocycles. The second-order valence-electron chi connectivity index (χ2n) is 6.68. The minimum absolute atomic E-state index is 0.448. The molecule has 122 valence electrons. The minimum atomic E-state index is 0.448. The summed E-state index contributed by atoms with van der Waals surface area (Å²) in [6.45, 7) is 9.25. The monoisotopic (exact) mass is 297 g/mol. The smallest absolute Gasteiger partial charge is 0.0625 e. The van der Waals surface area contributed by atoms with E-state index < -0.39 is 0 Å². The van der Waals surface area contributed by atoms with Gasteiger partial charge < -0.3 is 14.8 Å². The van der Waals surface area contributed by atoms with E-state index in [9.17, 15) is 0 Å². The van der Waals surface area contributed by atoms with Crippen LogP contribution in [0.15, 0.2) is 0 Å². The fourth-order valence-corrected chi connectivity index (χ4v) is 3.72. The van der Waals surface area contributed by atoms with Gasteiger partial charge in [-0.25, -0.2) is 0 Å². The fraction of sp³-hybridized carbons (Fsp3) is 1.00. The Hall–Kier alpha value is -0.200. The molecule has 0 atom stereocenters. The molecule has 5 heteroatoms. The van der Waals surface area contributed by atoms with Crippen LogP contribution in [0.3, 0.4) is 0 Å². The van der Waals surface area contributed by atoms with Crippen molar-refractivity contribution in [2.24, 2.45) is 0 Å². The van der Waals surface area contributed by atoms with Crippen molar-refractivity contribution >= 4 is 0 Å². The number of nitrogens with zero attached hydrogens (tertiary/aromatic N) is 2. The van der Waals surface area contributed by atoms with Gasteiger partial charge >= 0.3 is 0 Å². The first-order chi connectivity index (χ1) is 10.3. The van der Waals surface area contributed by atoms with Gasteiger partial charge in [0.2, 0.25) is 0 Å². The molecule has 5 nitrogen and oxygen atoms in total. The van der Waals surface area contributed by atoms with E-state index in [1.165, 1.54) is 52.1 Å². The molecule has 0 aromatic heterocycles. The van der Waals surface area contributed by atoms with Crippen LogP contribution < -0.4 is 5.32 Å². The summed E-state index contributed by atoms with van der Waals surface area (Å²) in [5.74, 6) is 0. The number of hydrogen-bond acceptors (Lipinski definition) is 5. The first-order valence-corrected chi connectivity index (χ1v) is 8.66. The molecule has 0 aromatic carbocycles. The Morgan fingerprint density at radius 3 is 2.38 bits per heavy atom. The molecule has 0 aromatic rings. The van der Waals surface area contributed by atoms with Crippen LogP contribution in [0.5, 0.6) is 0 Å². The molecule has 2 aliphatic heterocycles. The van der Waals surface area contributed by atoms with E-state index in [0.717, 1.165) is 32.0 Å². The van der Waals surface area contributed by atoms with Crippen molar-refractivity contribution in [2.75, 3.05) is 59.5 Å². The number of hydrogen-bond donors (Lipinski definition) is 1. The van der Waals surface area contributed by atoms with Crippen LogP contribution in [0.1, 0.15) is 25.7 Å². The normalized spacial score (nSPS) is 33.0. The minimum Gasteiger partial charge on any atom is -0.381 e. The third kappa shape index (κ3) is 4.39. The van der Waals surface area contributed by atoms with E-state index in [-0.39, 0.29) is 0 Å². The SMILES string of the molecule is CO[C@H]1C[C@H](OCCN2CCN(C3CCNCC3)CC2)C1. The van der Waals surface area contributed by atoms with Gasteiger partial charge in [-0.1, -0.05) is 0 Å². The van der Waals surface area contributed by atoms with Gasteiger partial charge in [-0.3, -0.25) is 9.80 Å². The highest BCUT2D eigenvalue weighted by molar-refractivity contribution is 4.83. The molecule has 0 amide bonds. The van der Waals surface area contributed by atoms with Gasteiger partial charge in [0.15, 0.2) is 0 Å². The molecule has 3 aliphatic rings. The lowest BCUT2D eigenvalue weighted by Crippen LogP contribution is -2.53. The van der Waals surface area contributed by atoms with E-state index in [2.05, 4.69) is 15.1 Å². The molecule has 2 saturated heterocycles. The van der Waals surface area contributed by atoms with Crippen molar-refractivity contribution in [3.8, 4) is 0 Å². The second kappa shape index (κ2) is 7.88. The summed E-state index contributed by atoms with van der Waals surface area (Å²) in [4.78, 5) is 5.26. The first-order valence-electron chi connectivity index (χ1n) is 8.66. The number of ether oxygens (including phenoxy) is 2. The quantitative estimate of drug-likeness (QED) is 0.775. The van der Waals surface area contributed by atoms with Crippen LogP contribution in [-0.4, -0.2) is 87.6 Å². The van der Waals surface area contributed by atoms with Crippen molar-refractivity contribution in [3.05, 3.63) is 0 Å². The van der Waals surface area contributed by atoms with Crippen molar-refractivity contribution in [1.29, 1.82) is 0 Å². The first kappa shape index (κ1) is 15.7. The summed E-state index contributed by atoms with van der Waals surface area (Å²) in [7, 11) is 1.79. The Balaban J connectivity index is 1.26. The van der Waals surface area contributed by atoms with Crippen LogP contribution >= 0.6 is 0 Å². The molecule has 21 heavy (non-hydrogen) atoms. The van der Waals surface area contributed by atoms with Crippen LogP contribution in [0.2, 0.25) is 0 Å². The van der Waals surface area contributed by atoms with Crippen LogP contribution in [0, 0.1) is 0 Å². The van der Waals surface area contributed by atoms with Crippen molar-refractivity contribution in [2.45, 2.75) is 43.9 Å². The van der Waals surface area contributed by atoms with Crippen LogP contribution in [-0.2, 0) is 9.47 Å². The Labute approximate surface area is 128 Å². The molecule has 0 bridgehead atoms. The number of nitrogens with one attached hydrogen (secondary N) is 1. The maximum atomic E-state index is 5.91. The molecule has 2 heterocycles. The second-order valence-corrected chi connectivity index (χ2v) is 6.68. The Morgan fingerprint density at radius 1 is 1.00 bits per heavy atom. The summed E-state index contributed by atoms with van der Waals surface area (Å²) in [6.07, 6.45) is 5.71. The van der Waals surface area contributed by atoms with Gasteiger partial charge in [0.05, 0.1) is 18.8 Å². The average molecular weight is 297 g/mol. The molecule has 0 radical (unpaired) electrons. The summed E-state index contributed by atoms with van der Waals surface area (Å²) >= 11 is 0. The van der Waals surface area contributed by atoms with Gasteiger partial charge in [0.1, 0.15) is 0 Å². The Bertz CT molecular complexity index is 296. The highest BCUT2D eigenvalue weighted by Crippen LogP contribution is 2.25. The lowest BCUT2D eigenvalue weighted by atomic mass is 9.92. The number of piperidine rings is 1. The summed E-state index contributed by atoms with van der Waals surface area (Å²) in [5, 5.41) is 3.46. The molecule has 1 saturated carbocycles. The third-order valence-corrected chi connectivity index (χ3v) is 5.38. The van der Waals surface area contributed by atoms with Gasteiger partial charge in [0.25, 0.3) is 0 Å². The zero-order valence-electron chi connectivity index (χ0n) is 13.4. The number of rotatable bonds is 6. The van der Waals surface area contributed by atoms with Gasteiger partial charge in [-0.15, -0.1) is 0 Å². The van der Waals surface area contributed by atoms with E-state index in [4.69, 9.17) is 9.47 Å². The largest absolute Gasteiger partial charge is 0.381 e. The predicted octanol–water partition coefficient (Wildman–Crippen LogP) is 0.550. The molecule has 3 fully saturated rings. The molecular formula is C16H31N3O2. The van der Waals surface area contributed by atoms with Crippen molar-refractivity contribution in [1.82, 2.24) is 15.1 Å². The molecule has 0 spiro atoms. The zero-order chi connectivity index (χ0) is 14.5. The van der Waals surface area contributed by atoms with Gasteiger partial charge in [-0.05, 0) is 38.8 Å². The predicted molar refractivity (Wildman–Crippen MR) is 83.7 cm³/mol. The van der Waals surface area contributed by atoms with E-state index in [0.29, 0.717) is 12.2 Å². The fourth-order valence-electron chi connectivity index (χ4n) is 3.72. The van der Waals surface area contributed by atoms with E-state index in [1.54, 1.807) is 7.11 Å². The van der Waals surface area contributed by atoms with Crippen LogP contribution in [0.4, 0.5) is 0 Å². The van der Waals surface area contributed by atoms with E-state index >= 15 is 0 Å². The topological polar surface area (TPSA) is 37.0 Å². The average Bonchev–Trinajstić information content (AvgIpc) is 2.51. The highest BCUT2D eigenvalue weighted by Gasteiger charge is 2.30. The van der Waals surface area contributed by atoms with Gasteiger partial charge in [-0.2, -0.15) is 0 Å². The molecule has 0 unspecified atom stereocenters. The maximum Gasteiger partial charge on any atom is 0.0625 e. The Kier molecular flexibility index (Phi) is 5.89. The number of methoxy groups -OCH3 is 1. The van der Waals surface area contributed by atoms with Crippen molar-refractivity contribution in [3.63, 3.8) is 0 Å². The Morgan fingerprint density at radius 2 is 1.71 bits per heavy atom. The summed E-state index contributed by atoms with van der Waals surface area (Å²) in [6, 6.07) is 0.825. The summed E-state index contributed by atoms with van der Waals surface area (Å²) in [5.41, 5.74) is 0. The summed E-state index contributed by atoms with van der Waals surface area (Å²) < 4.78 is 11.2. The highest BCUT2D eigenvalue weighted by atomic mass is 16.5. The maximum absolute atomic E-state index is 5.91. The van der Waals surface area contributed by atoms with Gasteiger partial charge in [0, 0.05) is 45.9 Å². The lowest BCUT2D eigenvalue weighted by Gasteiger charge is -2.41. The van der Waals surface area contributed by atoms with Crippen molar-refractivity contribution < 1.29 is 9.47 Å². The lowest BCUT2D eigenvalue weighted by molar-refractivity contribution is -0.0909. The molecule has 1 N–H and O–H groups in total. The van der Waals surface area contributed by atoms with E-state index in [1.807, 2.05) is 0 Å². The zero-order valence-corrected chi connectivity index (χ0v) is 13.4.